The molecule has 1 fully saturated rings. The zero-order valence-electron chi connectivity index (χ0n) is 14.1. The minimum atomic E-state index is -0.652. The molecule has 0 amide bonds. The Labute approximate surface area is 140 Å². The van der Waals surface area contributed by atoms with Crippen molar-refractivity contribution in [3.05, 3.63) is 38.4 Å². The van der Waals surface area contributed by atoms with Gasteiger partial charge in [0.15, 0.2) is 0 Å². The van der Waals surface area contributed by atoms with Gasteiger partial charge in [0, 0.05) is 17.7 Å². The highest BCUT2D eigenvalue weighted by Crippen LogP contribution is 2.33. The molecule has 1 N–H and O–H groups in total. The molecule has 130 valence electrons. The van der Waals surface area contributed by atoms with Crippen molar-refractivity contribution in [1.29, 1.82) is 0 Å². The van der Waals surface area contributed by atoms with Gasteiger partial charge in [-0.3, -0.25) is 25.7 Å². The Hall–Kier alpha value is -2.51. The maximum atomic E-state index is 11.2. The van der Waals surface area contributed by atoms with E-state index in [1.165, 1.54) is 12.1 Å². The van der Waals surface area contributed by atoms with Gasteiger partial charge in [-0.05, 0) is 37.2 Å². The van der Waals surface area contributed by atoms with Crippen molar-refractivity contribution in [2.24, 2.45) is 22.9 Å². The number of nitrogens with one attached hydrogen (secondary N) is 1. The van der Waals surface area contributed by atoms with Crippen molar-refractivity contribution in [2.45, 2.75) is 40.0 Å². The molecule has 8 heteroatoms. The van der Waals surface area contributed by atoms with E-state index in [2.05, 4.69) is 31.3 Å². The van der Waals surface area contributed by atoms with Gasteiger partial charge in [-0.15, -0.1) is 0 Å². The maximum absolute atomic E-state index is 11.2. The predicted octanol–water partition coefficient (Wildman–Crippen LogP) is 4.36. The number of anilines is 1. The average Bonchev–Trinajstić information content (AvgIpc) is 2.52. The van der Waals surface area contributed by atoms with Crippen LogP contribution in [0.3, 0.4) is 0 Å². The summed E-state index contributed by atoms with van der Waals surface area (Å²) in [5, 5.41) is 26.4. The minimum absolute atomic E-state index is 0.166. The molecule has 1 aliphatic rings. The van der Waals surface area contributed by atoms with E-state index in [9.17, 15) is 20.2 Å². The van der Waals surface area contributed by atoms with Gasteiger partial charge in [0.2, 0.25) is 0 Å². The number of hydrogen-bond donors (Lipinski definition) is 1. The maximum Gasteiger partial charge on any atom is 0.301 e. The SMILES string of the molecule is CC1CCC(C(C)C)C(=NNc2ccc([N+](=O)[O-])cc2[N+](=O)[O-])C1. The van der Waals surface area contributed by atoms with Crippen LogP contribution in [0.1, 0.15) is 40.0 Å². The monoisotopic (exact) mass is 334 g/mol. The average molecular weight is 334 g/mol. The fraction of sp³-hybridized carbons (Fsp3) is 0.562. The zero-order valence-corrected chi connectivity index (χ0v) is 14.1. The van der Waals surface area contributed by atoms with Crippen molar-refractivity contribution in [3.8, 4) is 0 Å². The first-order valence-corrected chi connectivity index (χ1v) is 8.05. The standard InChI is InChI=1S/C16H22N4O4/c1-10(2)13-6-4-11(3)8-15(13)18-17-14-7-5-12(19(21)22)9-16(14)20(23)24/h5,7,9-11,13,17H,4,6,8H2,1-3H3. The lowest BCUT2D eigenvalue weighted by molar-refractivity contribution is -0.393. The summed E-state index contributed by atoms with van der Waals surface area (Å²) in [4.78, 5) is 20.7. The molecule has 24 heavy (non-hydrogen) atoms. The molecule has 8 nitrogen and oxygen atoms in total. The summed E-state index contributed by atoms with van der Waals surface area (Å²) >= 11 is 0. The molecule has 1 aromatic rings. The van der Waals surface area contributed by atoms with Gasteiger partial charge in [-0.2, -0.15) is 5.10 Å². The fourth-order valence-corrected chi connectivity index (χ4v) is 3.10. The molecular formula is C16H22N4O4. The summed E-state index contributed by atoms with van der Waals surface area (Å²) in [5.74, 6) is 1.34. The fourth-order valence-electron chi connectivity index (χ4n) is 3.10. The van der Waals surface area contributed by atoms with Gasteiger partial charge in [-0.1, -0.05) is 20.8 Å². The summed E-state index contributed by atoms with van der Waals surface area (Å²) in [5.41, 5.74) is 3.27. The van der Waals surface area contributed by atoms with E-state index in [1.54, 1.807) is 0 Å². The van der Waals surface area contributed by atoms with Gasteiger partial charge >= 0.3 is 5.69 Å². The highest BCUT2D eigenvalue weighted by atomic mass is 16.6. The molecule has 1 saturated carbocycles. The lowest BCUT2D eigenvalue weighted by atomic mass is 9.76. The van der Waals surface area contributed by atoms with Gasteiger partial charge in [0.05, 0.1) is 15.9 Å². The lowest BCUT2D eigenvalue weighted by Crippen LogP contribution is -2.28. The molecule has 0 heterocycles. The van der Waals surface area contributed by atoms with Gasteiger partial charge < -0.3 is 0 Å². The van der Waals surface area contributed by atoms with E-state index in [-0.39, 0.29) is 17.1 Å². The first-order chi connectivity index (χ1) is 11.3. The summed E-state index contributed by atoms with van der Waals surface area (Å²) in [6.07, 6.45) is 3.07. The molecule has 0 spiro atoms. The minimum Gasteiger partial charge on any atom is -0.272 e. The van der Waals surface area contributed by atoms with Crippen molar-refractivity contribution < 1.29 is 9.85 Å². The highest BCUT2D eigenvalue weighted by Gasteiger charge is 2.27. The van der Waals surface area contributed by atoms with E-state index in [4.69, 9.17) is 0 Å². The summed E-state index contributed by atoms with van der Waals surface area (Å²) in [6.45, 7) is 6.45. The molecule has 0 aromatic heterocycles. The van der Waals surface area contributed by atoms with Crippen molar-refractivity contribution >= 4 is 22.8 Å². The number of nitro groups is 2. The summed E-state index contributed by atoms with van der Waals surface area (Å²) in [6, 6.07) is 3.52. The van der Waals surface area contributed by atoms with Crippen LogP contribution < -0.4 is 5.43 Å². The third-order valence-electron chi connectivity index (χ3n) is 4.47. The van der Waals surface area contributed by atoms with Crippen LogP contribution in [-0.4, -0.2) is 15.6 Å². The van der Waals surface area contributed by atoms with Gasteiger partial charge in [0.1, 0.15) is 5.69 Å². The van der Waals surface area contributed by atoms with Crippen LogP contribution in [0.4, 0.5) is 17.1 Å². The number of hydrazone groups is 1. The van der Waals surface area contributed by atoms with Gasteiger partial charge in [0.25, 0.3) is 5.69 Å². The normalized spacial score (nSPS) is 22.6. The summed E-state index contributed by atoms with van der Waals surface area (Å²) in [7, 11) is 0. The van der Waals surface area contributed by atoms with E-state index in [0.29, 0.717) is 17.8 Å². The van der Waals surface area contributed by atoms with Crippen LogP contribution in [0, 0.1) is 38.0 Å². The van der Waals surface area contributed by atoms with Crippen molar-refractivity contribution in [2.75, 3.05) is 5.43 Å². The number of nitro benzene ring substituents is 2. The van der Waals surface area contributed by atoms with Crippen molar-refractivity contribution in [1.82, 2.24) is 0 Å². The topological polar surface area (TPSA) is 111 Å². The van der Waals surface area contributed by atoms with E-state index < -0.39 is 9.85 Å². The second-order valence-electron chi connectivity index (χ2n) is 6.67. The highest BCUT2D eigenvalue weighted by molar-refractivity contribution is 5.88. The lowest BCUT2D eigenvalue weighted by Gasteiger charge is -2.30. The number of hydrogen-bond acceptors (Lipinski definition) is 6. The number of rotatable bonds is 5. The van der Waals surface area contributed by atoms with Crippen LogP contribution in [0.2, 0.25) is 0 Å². The van der Waals surface area contributed by atoms with Crippen LogP contribution in [0.15, 0.2) is 23.3 Å². The molecule has 0 saturated heterocycles. The van der Waals surface area contributed by atoms with Gasteiger partial charge in [-0.25, -0.2) is 0 Å². The number of benzene rings is 1. The molecule has 1 aliphatic carbocycles. The molecule has 0 bridgehead atoms. The van der Waals surface area contributed by atoms with Crippen molar-refractivity contribution in [3.63, 3.8) is 0 Å². The predicted molar refractivity (Wildman–Crippen MR) is 92.2 cm³/mol. The smallest absolute Gasteiger partial charge is 0.272 e. The van der Waals surface area contributed by atoms with Crippen LogP contribution in [-0.2, 0) is 0 Å². The Kier molecular flexibility index (Phi) is 5.48. The molecule has 2 unspecified atom stereocenters. The number of nitrogens with zero attached hydrogens (tertiary/aromatic N) is 3. The first-order valence-electron chi connectivity index (χ1n) is 8.05. The Morgan fingerprint density at radius 1 is 1.21 bits per heavy atom. The molecule has 0 aliphatic heterocycles. The Morgan fingerprint density at radius 3 is 2.50 bits per heavy atom. The quantitative estimate of drug-likeness (QED) is 0.635. The molecular weight excluding hydrogens is 312 g/mol. The third kappa shape index (κ3) is 4.06. The van der Waals surface area contributed by atoms with E-state index in [0.717, 1.165) is 31.0 Å². The molecule has 1 aromatic carbocycles. The molecule has 0 radical (unpaired) electrons. The second kappa shape index (κ2) is 7.37. The van der Waals surface area contributed by atoms with Crippen LogP contribution in [0.25, 0.3) is 0 Å². The zero-order chi connectivity index (χ0) is 17.9. The first kappa shape index (κ1) is 17.8. The number of non-ortho nitro benzene ring substituents is 1. The largest absolute Gasteiger partial charge is 0.301 e. The van der Waals surface area contributed by atoms with Crippen LogP contribution in [0.5, 0.6) is 0 Å². The Balaban J connectivity index is 2.29. The van der Waals surface area contributed by atoms with Crippen LogP contribution >= 0.6 is 0 Å². The molecule has 2 atom stereocenters. The third-order valence-corrected chi connectivity index (χ3v) is 4.47. The Bertz CT molecular complexity index is 672. The second-order valence-corrected chi connectivity index (χ2v) is 6.67. The van der Waals surface area contributed by atoms with E-state index >= 15 is 0 Å². The van der Waals surface area contributed by atoms with E-state index in [1.807, 2.05) is 0 Å². The Morgan fingerprint density at radius 2 is 1.92 bits per heavy atom. The molecule has 2 rings (SSSR count). The summed E-state index contributed by atoms with van der Waals surface area (Å²) < 4.78 is 0.